The van der Waals surface area contributed by atoms with E-state index < -0.39 is 37.5 Å². The van der Waals surface area contributed by atoms with Gasteiger partial charge in [-0.1, -0.05) is 19.6 Å². The van der Waals surface area contributed by atoms with Gasteiger partial charge in [0, 0.05) is 0 Å². The van der Waals surface area contributed by atoms with Gasteiger partial charge in [-0.15, -0.1) is 0 Å². The van der Waals surface area contributed by atoms with Crippen molar-refractivity contribution in [1.82, 2.24) is 0 Å². The minimum Gasteiger partial charge on any atom is -0.465 e. The highest BCUT2D eigenvalue weighted by Crippen LogP contribution is 2.25. The Kier molecular flexibility index (Phi) is 6.68. The van der Waals surface area contributed by atoms with Crippen LogP contribution in [0.15, 0.2) is 6.07 Å². The molecule has 1 rings (SSSR count). The first-order valence-electron chi connectivity index (χ1n) is 7.59. The summed E-state index contributed by atoms with van der Waals surface area (Å²) >= 11 is 0. The van der Waals surface area contributed by atoms with Crippen molar-refractivity contribution in [2.24, 2.45) is 0 Å². The molecule has 0 radical (unpaired) electrons. The molecule has 0 saturated carbocycles. The predicted octanol–water partition coefficient (Wildman–Crippen LogP) is 1.38. The molecular weight excluding hydrogens is 360 g/mol. The number of methoxy groups -OCH3 is 4. The second kappa shape index (κ2) is 8.13. The Morgan fingerprint density at radius 3 is 1.42 bits per heavy atom. The lowest BCUT2D eigenvalue weighted by atomic mass is 9.95. The summed E-state index contributed by atoms with van der Waals surface area (Å²) in [5, 5.41) is 0.456. The maximum Gasteiger partial charge on any atom is 0.339 e. The van der Waals surface area contributed by atoms with Crippen LogP contribution in [0.2, 0.25) is 19.6 Å². The number of ether oxygens (including phenoxy) is 4. The second-order valence-electron chi connectivity index (χ2n) is 6.31. The molecule has 0 unspecified atom stereocenters. The molecule has 0 aromatic heterocycles. The Bertz CT molecular complexity index is 761. The summed E-state index contributed by atoms with van der Waals surface area (Å²) in [5.41, 5.74) is -1.04. The lowest BCUT2D eigenvalue weighted by Crippen LogP contribution is -2.44. The Labute approximate surface area is 152 Å². The van der Waals surface area contributed by atoms with Gasteiger partial charge in [-0.05, 0) is 11.3 Å². The van der Waals surface area contributed by atoms with Crippen LogP contribution in [-0.4, -0.2) is 60.4 Å². The summed E-state index contributed by atoms with van der Waals surface area (Å²) in [5.74, 6) is -3.59. The standard InChI is InChI=1S/C17H22O8Si/c1-22-14(18)9-8-10(26(5,6)7)12(16(20)24-3)13(17(21)25-4)11(9)15(19)23-2/h8H,1-7H3. The molecule has 0 bridgehead atoms. The second-order valence-corrected chi connectivity index (χ2v) is 11.4. The minimum absolute atomic E-state index is 0.105. The van der Waals surface area contributed by atoms with E-state index in [1.165, 1.54) is 6.07 Å². The third kappa shape index (κ3) is 3.93. The van der Waals surface area contributed by atoms with Gasteiger partial charge in [0.2, 0.25) is 0 Å². The summed E-state index contributed by atoms with van der Waals surface area (Å²) < 4.78 is 19.0. The van der Waals surface area contributed by atoms with Gasteiger partial charge in [0.15, 0.2) is 0 Å². The minimum atomic E-state index is -2.27. The van der Waals surface area contributed by atoms with Gasteiger partial charge in [-0.2, -0.15) is 0 Å². The Morgan fingerprint density at radius 1 is 0.654 bits per heavy atom. The number of carbonyl (C=O) groups is 4. The van der Waals surface area contributed by atoms with Gasteiger partial charge < -0.3 is 18.9 Å². The van der Waals surface area contributed by atoms with Crippen molar-refractivity contribution >= 4 is 37.1 Å². The fourth-order valence-electron chi connectivity index (χ4n) is 2.48. The van der Waals surface area contributed by atoms with Crippen LogP contribution in [0, 0.1) is 0 Å². The van der Waals surface area contributed by atoms with Crippen LogP contribution in [0.25, 0.3) is 0 Å². The van der Waals surface area contributed by atoms with E-state index in [-0.39, 0.29) is 16.7 Å². The van der Waals surface area contributed by atoms with Crippen LogP contribution < -0.4 is 5.19 Å². The SMILES string of the molecule is COC(=O)c1cc([Si](C)(C)C)c(C(=O)OC)c(C(=O)OC)c1C(=O)OC. The molecule has 9 heteroatoms. The fraction of sp³-hybridized carbons (Fsp3) is 0.412. The van der Waals surface area contributed by atoms with E-state index in [0.29, 0.717) is 5.19 Å². The summed E-state index contributed by atoms with van der Waals surface area (Å²) in [4.78, 5) is 49.5. The topological polar surface area (TPSA) is 105 Å². The van der Waals surface area contributed by atoms with Crippen LogP contribution in [-0.2, 0) is 18.9 Å². The first-order valence-corrected chi connectivity index (χ1v) is 11.1. The molecule has 1 aromatic carbocycles. The van der Waals surface area contributed by atoms with Crippen molar-refractivity contribution in [3.8, 4) is 0 Å². The zero-order valence-electron chi connectivity index (χ0n) is 15.8. The number of hydrogen-bond acceptors (Lipinski definition) is 8. The molecule has 0 aliphatic rings. The summed E-state index contributed by atoms with van der Waals surface area (Å²) in [6.45, 7) is 5.73. The van der Waals surface area contributed by atoms with E-state index >= 15 is 0 Å². The van der Waals surface area contributed by atoms with Crippen LogP contribution >= 0.6 is 0 Å². The average molecular weight is 382 g/mol. The summed E-state index contributed by atoms with van der Waals surface area (Å²) in [6.07, 6.45) is 0. The lowest BCUT2D eigenvalue weighted by Gasteiger charge is -2.24. The molecule has 1 aromatic rings. The van der Waals surface area contributed by atoms with Gasteiger partial charge in [-0.25, -0.2) is 19.2 Å². The molecule has 142 valence electrons. The molecule has 0 aliphatic carbocycles. The molecule has 26 heavy (non-hydrogen) atoms. The first kappa shape index (κ1) is 21.4. The highest BCUT2D eigenvalue weighted by molar-refractivity contribution is 6.89. The van der Waals surface area contributed by atoms with Gasteiger partial charge in [0.1, 0.15) is 0 Å². The maximum atomic E-state index is 12.5. The third-order valence-electron chi connectivity index (χ3n) is 3.71. The third-order valence-corrected chi connectivity index (χ3v) is 5.72. The van der Waals surface area contributed by atoms with Gasteiger partial charge in [0.05, 0.1) is 58.8 Å². The number of hydrogen-bond donors (Lipinski definition) is 0. The van der Waals surface area contributed by atoms with Crippen molar-refractivity contribution in [2.45, 2.75) is 19.6 Å². The Morgan fingerprint density at radius 2 is 1.04 bits per heavy atom. The van der Waals surface area contributed by atoms with E-state index in [9.17, 15) is 19.2 Å². The van der Waals surface area contributed by atoms with Gasteiger partial charge >= 0.3 is 23.9 Å². The van der Waals surface area contributed by atoms with Crippen LogP contribution in [0.4, 0.5) is 0 Å². The van der Waals surface area contributed by atoms with Crippen molar-refractivity contribution < 1.29 is 38.1 Å². The van der Waals surface area contributed by atoms with Crippen LogP contribution in [0.3, 0.4) is 0 Å². The first-order chi connectivity index (χ1) is 12.0. The monoisotopic (exact) mass is 382 g/mol. The number of rotatable bonds is 5. The Hall–Kier alpha value is -2.68. The Balaban J connectivity index is 4.22. The van der Waals surface area contributed by atoms with Gasteiger partial charge in [0.25, 0.3) is 0 Å². The molecular formula is C17H22O8Si. The highest BCUT2D eigenvalue weighted by atomic mass is 28.3. The van der Waals surface area contributed by atoms with E-state index in [0.717, 1.165) is 28.4 Å². The van der Waals surface area contributed by atoms with E-state index in [4.69, 9.17) is 18.9 Å². The highest BCUT2D eigenvalue weighted by Gasteiger charge is 2.37. The van der Waals surface area contributed by atoms with Crippen molar-refractivity contribution in [3.63, 3.8) is 0 Å². The molecule has 0 spiro atoms. The summed E-state index contributed by atoms with van der Waals surface area (Å²) in [6, 6.07) is 1.39. The van der Waals surface area contributed by atoms with E-state index in [2.05, 4.69) is 0 Å². The van der Waals surface area contributed by atoms with E-state index in [1.807, 2.05) is 19.6 Å². The molecule has 0 fully saturated rings. The number of benzene rings is 1. The predicted molar refractivity (Wildman–Crippen MR) is 94.8 cm³/mol. The van der Waals surface area contributed by atoms with Crippen molar-refractivity contribution in [3.05, 3.63) is 28.3 Å². The fourth-order valence-corrected chi connectivity index (χ4v) is 4.03. The molecule has 0 atom stereocenters. The zero-order chi connectivity index (χ0) is 20.2. The largest absolute Gasteiger partial charge is 0.465 e. The molecule has 0 heterocycles. The van der Waals surface area contributed by atoms with Gasteiger partial charge in [-0.3, -0.25) is 0 Å². The quantitative estimate of drug-likeness (QED) is 0.427. The van der Waals surface area contributed by atoms with Crippen LogP contribution in [0.1, 0.15) is 41.4 Å². The molecule has 8 nitrogen and oxygen atoms in total. The molecule has 0 saturated heterocycles. The summed E-state index contributed by atoms with van der Waals surface area (Å²) in [7, 11) is 2.22. The molecule has 0 N–H and O–H groups in total. The molecule has 0 amide bonds. The number of carbonyl (C=O) groups excluding carboxylic acids is 4. The normalized spacial score (nSPS) is 10.7. The number of esters is 4. The lowest BCUT2D eigenvalue weighted by molar-refractivity contribution is 0.0522. The smallest absolute Gasteiger partial charge is 0.339 e. The van der Waals surface area contributed by atoms with Crippen LogP contribution in [0.5, 0.6) is 0 Å². The zero-order valence-corrected chi connectivity index (χ0v) is 16.8. The van der Waals surface area contributed by atoms with Crippen molar-refractivity contribution in [1.29, 1.82) is 0 Å². The van der Waals surface area contributed by atoms with E-state index in [1.54, 1.807) is 0 Å². The van der Waals surface area contributed by atoms with Crippen molar-refractivity contribution in [2.75, 3.05) is 28.4 Å². The molecule has 0 aliphatic heterocycles. The maximum absolute atomic E-state index is 12.5. The average Bonchev–Trinajstić information content (AvgIpc) is 2.62.